The van der Waals surface area contributed by atoms with Crippen LogP contribution in [0.2, 0.25) is 0 Å². The number of ketones is 1. The van der Waals surface area contributed by atoms with E-state index in [0.29, 0.717) is 18.2 Å². The Balaban J connectivity index is 2.22. The molecule has 2 aliphatic rings. The highest BCUT2D eigenvalue weighted by Crippen LogP contribution is 2.48. The minimum Gasteiger partial charge on any atom is -0.462 e. The number of hydrogen-bond donors (Lipinski definition) is 1. The molecule has 1 heterocycles. The molecule has 2 N–H and O–H groups in total. The van der Waals surface area contributed by atoms with Crippen molar-refractivity contribution in [1.29, 1.82) is 0 Å². The van der Waals surface area contributed by atoms with Crippen molar-refractivity contribution in [3.63, 3.8) is 0 Å². The van der Waals surface area contributed by atoms with Gasteiger partial charge in [0.1, 0.15) is 23.0 Å². The summed E-state index contributed by atoms with van der Waals surface area (Å²) in [5, 5.41) is 0. The average molecular weight is 377 g/mol. The number of esters is 1. The Labute approximate surface area is 155 Å². The Bertz CT molecular complexity index is 886. The molecule has 0 spiro atoms. The third kappa shape index (κ3) is 3.46. The Morgan fingerprint density at radius 3 is 2.67 bits per heavy atom. The molecule has 0 aromatic heterocycles. The van der Waals surface area contributed by atoms with Gasteiger partial charge >= 0.3 is 5.97 Å². The van der Waals surface area contributed by atoms with Crippen LogP contribution in [0, 0.1) is 17.0 Å². The molecule has 0 radical (unpaired) electrons. The number of carbonyl (C=O) groups excluding carboxylic acids is 2. The molecule has 1 aromatic rings. The maximum atomic E-state index is 14.6. The normalized spacial score (nSPS) is 21.7. The first-order valence-electron chi connectivity index (χ1n) is 8.70. The number of ether oxygens (including phenoxy) is 2. The first-order valence-corrected chi connectivity index (χ1v) is 8.70. The SMILES string of the molecule is CCOC(=O)C1=C(N)OC2=C(C(=O)CC(C)(C)C2)C1c1ccc(F)cc1F. The lowest BCUT2D eigenvalue weighted by molar-refractivity contribution is -0.139. The summed E-state index contributed by atoms with van der Waals surface area (Å²) in [5.74, 6) is -3.71. The maximum absolute atomic E-state index is 14.6. The molecule has 0 saturated heterocycles. The summed E-state index contributed by atoms with van der Waals surface area (Å²) in [6, 6.07) is 3.00. The van der Waals surface area contributed by atoms with Crippen LogP contribution in [0.3, 0.4) is 0 Å². The summed E-state index contributed by atoms with van der Waals surface area (Å²) >= 11 is 0. The third-order valence-corrected chi connectivity index (χ3v) is 4.72. The Morgan fingerprint density at radius 1 is 1.33 bits per heavy atom. The average Bonchev–Trinajstić information content (AvgIpc) is 2.52. The Kier molecular flexibility index (Phi) is 4.80. The van der Waals surface area contributed by atoms with Crippen LogP contribution in [0.25, 0.3) is 0 Å². The second-order valence-electron chi connectivity index (χ2n) is 7.48. The second-order valence-corrected chi connectivity index (χ2v) is 7.48. The van der Waals surface area contributed by atoms with Crippen LogP contribution in [0.1, 0.15) is 45.1 Å². The summed E-state index contributed by atoms with van der Waals surface area (Å²) in [4.78, 5) is 25.4. The molecule has 0 amide bonds. The van der Waals surface area contributed by atoms with E-state index in [1.807, 2.05) is 13.8 Å². The summed E-state index contributed by atoms with van der Waals surface area (Å²) in [6.45, 7) is 5.50. The highest BCUT2D eigenvalue weighted by Gasteiger charge is 2.45. The van der Waals surface area contributed by atoms with Gasteiger partial charge < -0.3 is 15.2 Å². The standard InChI is InChI=1S/C20H21F2NO4/c1-4-26-19(25)17-15(11-6-5-10(21)7-12(11)22)16-13(24)8-20(2,3)9-14(16)27-18(17)23/h5-7,15H,4,8-9,23H2,1-3H3. The predicted molar refractivity (Wildman–Crippen MR) is 93.1 cm³/mol. The van der Waals surface area contributed by atoms with Crippen LogP contribution < -0.4 is 5.73 Å². The second kappa shape index (κ2) is 6.79. The van der Waals surface area contributed by atoms with Gasteiger partial charge in [-0.1, -0.05) is 19.9 Å². The lowest BCUT2D eigenvalue weighted by Gasteiger charge is -2.38. The van der Waals surface area contributed by atoms with Gasteiger partial charge in [0.15, 0.2) is 5.78 Å². The minimum absolute atomic E-state index is 0.0220. The number of benzene rings is 1. The zero-order valence-corrected chi connectivity index (χ0v) is 15.4. The molecule has 144 valence electrons. The van der Waals surface area contributed by atoms with Gasteiger partial charge in [0, 0.05) is 30.0 Å². The number of rotatable bonds is 3. The molecular weight excluding hydrogens is 356 g/mol. The fraction of sp³-hybridized carbons (Fsp3) is 0.400. The first-order chi connectivity index (χ1) is 12.6. The van der Waals surface area contributed by atoms with Crippen LogP contribution in [0.5, 0.6) is 0 Å². The van der Waals surface area contributed by atoms with Crippen molar-refractivity contribution in [2.45, 2.75) is 39.5 Å². The van der Waals surface area contributed by atoms with Crippen molar-refractivity contribution in [3.8, 4) is 0 Å². The zero-order valence-electron chi connectivity index (χ0n) is 15.4. The van der Waals surface area contributed by atoms with Gasteiger partial charge in [0.25, 0.3) is 0 Å². The van der Waals surface area contributed by atoms with Gasteiger partial charge in [-0.15, -0.1) is 0 Å². The zero-order chi connectivity index (χ0) is 19.9. The van der Waals surface area contributed by atoms with Gasteiger partial charge in [-0.05, 0) is 18.4 Å². The molecule has 1 unspecified atom stereocenters. The van der Waals surface area contributed by atoms with E-state index in [4.69, 9.17) is 15.2 Å². The van der Waals surface area contributed by atoms with E-state index in [2.05, 4.69) is 0 Å². The van der Waals surface area contributed by atoms with Gasteiger partial charge in [-0.2, -0.15) is 0 Å². The van der Waals surface area contributed by atoms with Crippen LogP contribution in [-0.4, -0.2) is 18.4 Å². The van der Waals surface area contributed by atoms with Crippen LogP contribution in [-0.2, 0) is 19.1 Å². The molecule has 1 aromatic carbocycles. The smallest absolute Gasteiger partial charge is 0.340 e. The summed E-state index contributed by atoms with van der Waals surface area (Å²) in [7, 11) is 0. The lowest BCUT2D eigenvalue weighted by Crippen LogP contribution is -2.36. The number of carbonyl (C=O) groups is 2. The summed E-state index contributed by atoms with van der Waals surface area (Å²) in [5.41, 5.74) is 5.63. The molecule has 0 saturated carbocycles. The molecule has 0 bridgehead atoms. The van der Waals surface area contributed by atoms with Crippen molar-refractivity contribution >= 4 is 11.8 Å². The molecule has 3 rings (SSSR count). The number of hydrogen-bond acceptors (Lipinski definition) is 5. The minimum atomic E-state index is -1.10. The number of Topliss-reactive ketones (excluding diaryl/α,β-unsaturated/α-hetero) is 1. The largest absolute Gasteiger partial charge is 0.462 e. The first kappa shape index (κ1) is 19.1. The van der Waals surface area contributed by atoms with E-state index < -0.39 is 23.5 Å². The molecule has 5 nitrogen and oxygen atoms in total. The highest BCUT2D eigenvalue weighted by atomic mass is 19.1. The van der Waals surface area contributed by atoms with Crippen molar-refractivity contribution in [3.05, 3.63) is 58.2 Å². The van der Waals surface area contributed by atoms with Gasteiger partial charge in [-0.25, -0.2) is 13.6 Å². The van der Waals surface area contributed by atoms with Crippen molar-refractivity contribution in [2.75, 3.05) is 6.61 Å². The molecule has 0 fully saturated rings. The molecule has 1 atom stereocenters. The number of allylic oxidation sites excluding steroid dienone is 2. The quantitative estimate of drug-likeness (QED) is 0.816. The predicted octanol–water partition coefficient (Wildman–Crippen LogP) is 3.46. The van der Waals surface area contributed by atoms with Crippen molar-refractivity contribution < 1.29 is 27.8 Å². The van der Waals surface area contributed by atoms with Crippen LogP contribution in [0.4, 0.5) is 8.78 Å². The Hall–Kier alpha value is -2.70. The molecule has 7 heteroatoms. The monoisotopic (exact) mass is 377 g/mol. The molecule has 1 aliphatic carbocycles. The van der Waals surface area contributed by atoms with E-state index >= 15 is 0 Å². The van der Waals surface area contributed by atoms with Crippen molar-refractivity contribution in [2.24, 2.45) is 11.1 Å². The van der Waals surface area contributed by atoms with E-state index in [-0.39, 0.29) is 46.8 Å². The van der Waals surface area contributed by atoms with Crippen molar-refractivity contribution in [1.82, 2.24) is 0 Å². The number of nitrogens with two attached hydrogens (primary N) is 1. The topological polar surface area (TPSA) is 78.6 Å². The highest BCUT2D eigenvalue weighted by molar-refractivity contribution is 6.03. The third-order valence-electron chi connectivity index (χ3n) is 4.72. The van der Waals surface area contributed by atoms with Gasteiger partial charge in [0.2, 0.25) is 5.88 Å². The molecular formula is C20H21F2NO4. The fourth-order valence-electron chi connectivity index (χ4n) is 3.64. The Morgan fingerprint density at radius 2 is 2.04 bits per heavy atom. The molecule has 27 heavy (non-hydrogen) atoms. The molecule has 1 aliphatic heterocycles. The maximum Gasteiger partial charge on any atom is 0.340 e. The van der Waals surface area contributed by atoms with E-state index in [0.717, 1.165) is 6.07 Å². The van der Waals surface area contributed by atoms with Gasteiger partial charge in [0.05, 0.1) is 12.5 Å². The van der Waals surface area contributed by atoms with E-state index in [1.165, 1.54) is 6.07 Å². The lowest BCUT2D eigenvalue weighted by atomic mass is 9.70. The van der Waals surface area contributed by atoms with Crippen LogP contribution in [0.15, 0.2) is 41.0 Å². The number of halogens is 2. The van der Waals surface area contributed by atoms with E-state index in [9.17, 15) is 18.4 Å². The van der Waals surface area contributed by atoms with Crippen LogP contribution >= 0.6 is 0 Å². The summed E-state index contributed by atoms with van der Waals surface area (Å²) < 4.78 is 38.6. The van der Waals surface area contributed by atoms with E-state index in [1.54, 1.807) is 6.92 Å². The summed E-state index contributed by atoms with van der Waals surface area (Å²) in [6.07, 6.45) is 0.620. The van der Waals surface area contributed by atoms with Gasteiger partial charge in [-0.3, -0.25) is 4.79 Å². The fourth-order valence-corrected chi connectivity index (χ4v) is 3.64.